The van der Waals surface area contributed by atoms with E-state index >= 15 is 0 Å². The summed E-state index contributed by atoms with van der Waals surface area (Å²) in [5.74, 6) is -0.601. The highest BCUT2D eigenvalue weighted by Gasteiger charge is 2.26. The van der Waals surface area contributed by atoms with E-state index in [2.05, 4.69) is 17.1 Å². The number of nitrogens with one attached hydrogen (secondary N) is 1. The van der Waals surface area contributed by atoms with Crippen LogP contribution in [-0.4, -0.2) is 42.9 Å². The van der Waals surface area contributed by atoms with E-state index < -0.39 is 16.7 Å². The first kappa shape index (κ1) is 22.6. The first-order valence-corrected chi connectivity index (χ1v) is 11.4. The lowest BCUT2D eigenvalue weighted by Crippen LogP contribution is -2.34. The molecule has 0 spiro atoms. The molecule has 0 bridgehead atoms. The number of amides is 2. The zero-order valence-corrected chi connectivity index (χ0v) is 18.8. The minimum absolute atomic E-state index is 0.0811. The fourth-order valence-corrected chi connectivity index (χ4v) is 4.70. The molecule has 4 rings (SSSR count). The molecule has 2 fully saturated rings. The summed E-state index contributed by atoms with van der Waals surface area (Å²) in [5, 5.41) is 14.7. The molecular weight excluding hydrogens is 422 g/mol. The second kappa shape index (κ2) is 9.48. The maximum atomic E-state index is 13.1. The SMILES string of the molecule is CC1CCCN(c2ccc(C(=O)Nc3cc(C(N)=O)ccc3N3CCCC3)cc2[N+](=O)[O-])C1. The van der Waals surface area contributed by atoms with Gasteiger partial charge >= 0.3 is 0 Å². The number of anilines is 3. The normalized spacial score (nSPS) is 18.3. The van der Waals surface area contributed by atoms with Crippen LogP contribution in [0.3, 0.4) is 0 Å². The molecule has 174 valence electrons. The molecule has 33 heavy (non-hydrogen) atoms. The highest BCUT2D eigenvalue weighted by molar-refractivity contribution is 6.07. The van der Waals surface area contributed by atoms with Gasteiger partial charge in [-0.15, -0.1) is 0 Å². The Kier molecular flexibility index (Phi) is 6.48. The molecular formula is C24H29N5O4. The Balaban J connectivity index is 1.63. The average Bonchev–Trinajstić information content (AvgIpc) is 3.33. The van der Waals surface area contributed by atoms with Gasteiger partial charge in [0.2, 0.25) is 5.91 Å². The Labute approximate surface area is 192 Å². The minimum atomic E-state index is -0.589. The summed E-state index contributed by atoms with van der Waals surface area (Å²) in [6.45, 7) is 5.36. The van der Waals surface area contributed by atoms with Gasteiger partial charge in [0.1, 0.15) is 5.69 Å². The van der Waals surface area contributed by atoms with E-state index in [0.29, 0.717) is 17.3 Å². The highest BCUT2D eigenvalue weighted by atomic mass is 16.6. The van der Waals surface area contributed by atoms with Crippen LogP contribution in [0, 0.1) is 16.0 Å². The van der Waals surface area contributed by atoms with E-state index in [0.717, 1.165) is 57.5 Å². The molecule has 2 aliphatic heterocycles. The predicted molar refractivity (Wildman–Crippen MR) is 128 cm³/mol. The van der Waals surface area contributed by atoms with Crippen molar-refractivity contribution < 1.29 is 14.5 Å². The molecule has 9 nitrogen and oxygen atoms in total. The number of nitrogens with two attached hydrogens (primary N) is 1. The monoisotopic (exact) mass is 451 g/mol. The zero-order valence-electron chi connectivity index (χ0n) is 18.8. The van der Waals surface area contributed by atoms with Gasteiger partial charge in [0.15, 0.2) is 0 Å². The van der Waals surface area contributed by atoms with E-state index in [9.17, 15) is 19.7 Å². The van der Waals surface area contributed by atoms with Crippen molar-refractivity contribution in [2.24, 2.45) is 11.7 Å². The summed E-state index contributed by atoms with van der Waals surface area (Å²) in [7, 11) is 0. The molecule has 0 aliphatic carbocycles. The van der Waals surface area contributed by atoms with Crippen molar-refractivity contribution in [3.05, 3.63) is 57.6 Å². The Morgan fingerprint density at radius 2 is 1.67 bits per heavy atom. The van der Waals surface area contributed by atoms with Crippen molar-refractivity contribution in [3.8, 4) is 0 Å². The van der Waals surface area contributed by atoms with Crippen LogP contribution in [0.2, 0.25) is 0 Å². The Bertz CT molecular complexity index is 1080. The second-order valence-corrected chi connectivity index (χ2v) is 8.90. The summed E-state index contributed by atoms with van der Waals surface area (Å²) in [4.78, 5) is 40.3. The maximum Gasteiger partial charge on any atom is 0.293 e. The fourth-order valence-electron chi connectivity index (χ4n) is 4.70. The number of hydrogen-bond donors (Lipinski definition) is 2. The van der Waals surface area contributed by atoms with E-state index in [-0.39, 0.29) is 16.8 Å². The van der Waals surface area contributed by atoms with Crippen LogP contribution in [0.1, 0.15) is 53.3 Å². The largest absolute Gasteiger partial charge is 0.370 e. The molecule has 1 unspecified atom stereocenters. The number of nitrogens with zero attached hydrogens (tertiary/aromatic N) is 3. The molecule has 3 N–H and O–H groups in total. The van der Waals surface area contributed by atoms with Gasteiger partial charge in [-0.25, -0.2) is 0 Å². The first-order valence-electron chi connectivity index (χ1n) is 11.4. The average molecular weight is 452 g/mol. The highest BCUT2D eigenvalue weighted by Crippen LogP contribution is 2.34. The summed E-state index contributed by atoms with van der Waals surface area (Å²) in [6.07, 6.45) is 4.19. The Morgan fingerprint density at radius 3 is 2.33 bits per heavy atom. The van der Waals surface area contributed by atoms with Gasteiger partial charge in [-0.05, 0) is 61.9 Å². The smallest absolute Gasteiger partial charge is 0.293 e. The lowest BCUT2D eigenvalue weighted by atomic mass is 9.99. The molecule has 9 heteroatoms. The predicted octanol–water partition coefficient (Wildman–Crippen LogP) is 3.78. The summed E-state index contributed by atoms with van der Waals surface area (Å²) < 4.78 is 0. The standard InChI is InChI=1S/C24H29N5O4/c1-16-5-4-12-28(15-16)21-9-7-18(14-22(21)29(32)33)24(31)26-19-13-17(23(25)30)6-8-20(19)27-10-2-3-11-27/h6-9,13-14,16H,2-5,10-12,15H2,1H3,(H2,25,30)(H,26,31). The van der Waals surface area contributed by atoms with E-state index in [1.165, 1.54) is 6.07 Å². The number of hydrogen-bond acceptors (Lipinski definition) is 6. The van der Waals surface area contributed by atoms with Crippen molar-refractivity contribution in [1.29, 1.82) is 0 Å². The Hall–Kier alpha value is -3.62. The lowest BCUT2D eigenvalue weighted by Gasteiger charge is -2.32. The third-order valence-corrected chi connectivity index (χ3v) is 6.41. The van der Waals surface area contributed by atoms with Gasteiger partial charge in [-0.2, -0.15) is 0 Å². The third-order valence-electron chi connectivity index (χ3n) is 6.41. The van der Waals surface area contributed by atoms with E-state index in [1.54, 1.807) is 30.3 Å². The fraction of sp³-hybridized carbons (Fsp3) is 0.417. The summed E-state index contributed by atoms with van der Waals surface area (Å²) >= 11 is 0. The van der Waals surface area contributed by atoms with Gasteiger partial charge in [0.25, 0.3) is 11.6 Å². The van der Waals surface area contributed by atoms with Crippen molar-refractivity contribution in [3.63, 3.8) is 0 Å². The number of carbonyl (C=O) groups is 2. The molecule has 0 saturated carbocycles. The number of nitro groups is 1. The van der Waals surface area contributed by atoms with Gasteiger partial charge in [-0.1, -0.05) is 6.92 Å². The topological polar surface area (TPSA) is 122 Å². The van der Waals surface area contributed by atoms with E-state index in [4.69, 9.17) is 5.73 Å². The lowest BCUT2D eigenvalue weighted by molar-refractivity contribution is -0.384. The minimum Gasteiger partial charge on any atom is -0.370 e. The maximum absolute atomic E-state index is 13.1. The number of piperidine rings is 1. The van der Waals surface area contributed by atoms with Crippen LogP contribution >= 0.6 is 0 Å². The molecule has 2 aromatic carbocycles. The van der Waals surface area contributed by atoms with Gasteiger partial charge in [-0.3, -0.25) is 19.7 Å². The van der Waals surface area contributed by atoms with Crippen LogP contribution in [0.15, 0.2) is 36.4 Å². The van der Waals surface area contributed by atoms with Crippen LogP contribution in [0.5, 0.6) is 0 Å². The van der Waals surface area contributed by atoms with Gasteiger partial charge < -0.3 is 20.9 Å². The van der Waals surface area contributed by atoms with Gasteiger partial charge in [0, 0.05) is 43.4 Å². The second-order valence-electron chi connectivity index (χ2n) is 8.90. The van der Waals surface area contributed by atoms with Crippen LogP contribution in [0.4, 0.5) is 22.7 Å². The van der Waals surface area contributed by atoms with Crippen molar-refractivity contribution in [2.45, 2.75) is 32.6 Å². The van der Waals surface area contributed by atoms with Crippen LogP contribution in [0.25, 0.3) is 0 Å². The molecule has 2 amide bonds. The molecule has 0 aromatic heterocycles. The molecule has 1 atom stereocenters. The van der Waals surface area contributed by atoms with Crippen molar-refractivity contribution >= 4 is 34.6 Å². The molecule has 2 heterocycles. The van der Waals surface area contributed by atoms with Gasteiger partial charge in [0.05, 0.1) is 16.3 Å². The quantitative estimate of drug-likeness (QED) is 0.509. The molecule has 2 aromatic rings. The first-order chi connectivity index (χ1) is 15.8. The zero-order chi connectivity index (χ0) is 23.5. The number of benzene rings is 2. The summed E-state index contributed by atoms with van der Waals surface area (Å²) in [5.41, 5.74) is 7.64. The van der Waals surface area contributed by atoms with E-state index in [1.807, 2.05) is 4.90 Å². The number of rotatable bonds is 6. The summed E-state index contributed by atoms with van der Waals surface area (Å²) in [6, 6.07) is 9.59. The molecule has 0 radical (unpaired) electrons. The molecule has 2 aliphatic rings. The number of nitro benzene ring substituents is 1. The third kappa shape index (κ3) is 4.92. The van der Waals surface area contributed by atoms with Crippen molar-refractivity contribution in [1.82, 2.24) is 0 Å². The molecule has 2 saturated heterocycles. The number of primary amides is 1. The van der Waals surface area contributed by atoms with Crippen LogP contribution in [-0.2, 0) is 0 Å². The number of carbonyl (C=O) groups excluding carboxylic acids is 2. The van der Waals surface area contributed by atoms with Crippen LogP contribution < -0.4 is 20.9 Å². The van der Waals surface area contributed by atoms with Crippen molar-refractivity contribution in [2.75, 3.05) is 41.3 Å². The Morgan fingerprint density at radius 1 is 1.00 bits per heavy atom.